The molecule has 0 unspecified atom stereocenters. The molecule has 1 aromatic carbocycles. The molecule has 0 bridgehead atoms. The van der Waals surface area contributed by atoms with Crippen molar-refractivity contribution in [2.75, 3.05) is 0 Å². The standard InChI is InChI=1S/C13H8Cl2FNO2/c14-8-2-3-9(10(15)6-8)13-7(5-12(18)19)1-4-11(16)17-13/h1-4,6H,5H2,(H,18,19). The Kier molecular flexibility index (Phi) is 4.02. The summed E-state index contributed by atoms with van der Waals surface area (Å²) in [7, 11) is 0. The van der Waals surface area contributed by atoms with Crippen molar-refractivity contribution in [2.24, 2.45) is 0 Å². The summed E-state index contributed by atoms with van der Waals surface area (Å²) in [6.45, 7) is 0. The van der Waals surface area contributed by atoms with Gasteiger partial charge in [0.25, 0.3) is 0 Å². The maximum Gasteiger partial charge on any atom is 0.307 e. The van der Waals surface area contributed by atoms with Crippen molar-refractivity contribution in [3.8, 4) is 11.3 Å². The summed E-state index contributed by atoms with van der Waals surface area (Å²) >= 11 is 11.8. The maximum absolute atomic E-state index is 13.3. The van der Waals surface area contributed by atoms with E-state index in [1.54, 1.807) is 12.1 Å². The zero-order valence-corrected chi connectivity index (χ0v) is 11.0. The normalized spacial score (nSPS) is 10.5. The predicted octanol–water partition coefficient (Wildman–Crippen LogP) is 3.82. The molecule has 0 atom stereocenters. The maximum atomic E-state index is 13.3. The van der Waals surface area contributed by atoms with Crippen LogP contribution in [0.15, 0.2) is 30.3 Å². The molecule has 98 valence electrons. The Balaban J connectivity index is 2.59. The number of rotatable bonds is 3. The zero-order valence-electron chi connectivity index (χ0n) is 9.53. The van der Waals surface area contributed by atoms with Crippen LogP contribution in [0.3, 0.4) is 0 Å². The van der Waals surface area contributed by atoms with Gasteiger partial charge in [0.05, 0.1) is 17.1 Å². The summed E-state index contributed by atoms with van der Waals surface area (Å²) in [5, 5.41) is 9.57. The van der Waals surface area contributed by atoms with Crippen molar-refractivity contribution < 1.29 is 14.3 Å². The highest BCUT2D eigenvalue weighted by molar-refractivity contribution is 6.36. The molecule has 0 aliphatic carbocycles. The Hall–Kier alpha value is -1.65. The number of aromatic nitrogens is 1. The second kappa shape index (κ2) is 5.55. The van der Waals surface area contributed by atoms with Gasteiger partial charge in [0.1, 0.15) is 0 Å². The Morgan fingerprint density at radius 3 is 2.63 bits per heavy atom. The summed E-state index contributed by atoms with van der Waals surface area (Å²) in [4.78, 5) is 14.5. The van der Waals surface area contributed by atoms with Crippen molar-refractivity contribution >= 4 is 29.2 Å². The first-order valence-electron chi connectivity index (χ1n) is 5.30. The van der Waals surface area contributed by atoms with Crippen LogP contribution < -0.4 is 0 Å². The fraction of sp³-hybridized carbons (Fsp3) is 0.0769. The van der Waals surface area contributed by atoms with E-state index in [0.717, 1.165) is 6.07 Å². The number of hydrogen-bond donors (Lipinski definition) is 1. The highest BCUT2D eigenvalue weighted by Gasteiger charge is 2.14. The molecule has 0 fully saturated rings. The van der Waals surface area contributed by atoms with E-state index >= 15 is 0 Å². The molecule has 1 heterocycles. The molecule has 2 rings (SSSR count). The second-order valence-corrected chi connectivity index (χ2v) is 4.68. The average molecular weight is 300 g/mol. The largest absolute Gasteiger partial charge is 0.481 e. The lowest BCUT2D eigenvalue weighted by atomic mass is 10.0. The third-order valence-electron chi connectivity index (χ3n) is 2.47. The molecule has 6 heteroatoms. The lowest BCUT2D eigenvalue weighted by molar-refractivity contribution is -0.136. The van der Waals surface area contributed by atoms with Crippen LogP contribution in [0, 0.1) is 5.95 Å². The number of carboxylic acids is 1. The van der Waals surface area contributed by atoms with Gasteiger partial charge in [-0.25, -0.2) is 4.98 Å². The summed E-state index contributed by atoms with van der Waals surface area (Å²) in [6.07, 6.45) is -0.262. The summed E-state index contributed by atoms with van der Waals surface area (Å²) in [5.41, 5.74) is 1.05. The minimum atomic E-state index is -1.03. The van der Waals surface area contributed by atoms with E-state index in [-0.39, 0.29) is 17.1 Å². The molecule has 1 aromatic heterocycles. The van der Waals surface area contributed by atoms with Crippen LogP contribution in [-0.2, 0) is 11.2 Å². The number of hydrogen-bond acceptors (Lipinski definition) is 2. The van der Waals surface area contributed by atoms with Gasteiger partial charge in [0.2, 0.25) is 5.95 Å². The SMILES string of the molecule is O=C(O)Cc1ccc(F)nc1-c1ccc(Cl)cc1Cl. The van der Waals surface area contributed by atoms with Gasteiger partial charge in [0.15, 0.2) is 0 Å². The van der Waals surface area contributed by atoms with E-state index in [0.29, 0.717) is 16.1 Å². The molecular formula is C13H8Cl2FNO2. The number of carbonyl (C=O) groups is 1. The van der Waals surface area contributed by atoms with Gasteiger partial charge < -0.3 is 5.11 Å². The topological polar surface area (TPSA) is 50.2 Å². The lowest BCUT2D eigenvalue weighted by Gasteiger charge is -2.09. The van der Waals surface area contributed by atoms with Crippen molar-refractivity contribution in [1.82, 2.24) is 4.98 Å². The Morgan fingerprint density at radius 2 is 2.00 bits per heavy atom. The van der Waals surface area contributed by atoms with Crippen molar-refractivity contribution in [1.29, 1.82) is 0 Å². The van der Waals surface area contributed by atoms with Gasteiger partial charge in [0, 0.05) is 10.6 Å². The summed E-state index contributed by atoms with van der Waals surface area (Å²) < 4.78 is 13.3. The van der Waals surface area contributed by atoms with Crippen LogP contribution in [-0.4, -0.2) is 16.1 Å². The van der Waals surface area contributed by atoms with E-state index < -0.39 is 11.9 Å². The van der Waals surface area contributed by atoms with Gasteiger partial charge in [-0.2, -0.15) is 4.39 Å². The predicted molar refractivity (Wildman–Crippen MR) is 71.0 cm³/mol. The second-order valence-electron chi connectivity index (χ2n) is 3.84. The van der Waals surface area contributed by atoms with Crippen LogP contribution in [0.4, 0.5) is 4.39 Å². The first-order valence-corrected chi connectivity index (χ1v) is 6.05. The first-order chi connectivity index (χ1) is 8.97. The van der Waals surface area contributed by atoms with Gasteiger partial charge in [-0.3, -0.25) is 4.79 Å². The number of benzene rings is 1. The monoisotopic (exact) mass is 299 g/mol. The zero-order chi connectivity index (χ0) is 14.0. The number of nitrogens with zero attached hydrogens (tertiary/aromatic N) is 1. The highest BCUT2D eigenvalue weighted by atomic mass is 35.5. The number of carboxylic acid groups (broad SMARTS) is 1. The average Bonchev–Trinajstić information content (AvgIpc) is 2.31. The van der Waals surface area contributed by atoms with Gasteiger partial charge in [-0.15, -0.1) is 0 Å². The quantitative estimate of drug-likeness (QED) is 0.877. The molecule has 3 nitrogen and oxygen atoms in total. The molecule has 0 aliphatic heterocycles. The third-order valence-corrected chi connectivity index (χ3v) is 3.02. The molecule has 0 radical (unpaired) electrons. The third kappa shape index (κ3) is 3.22. The first kappa shape index (κ1) is 13.8. The molecule has 0 aliphatic rings. The van der Waals surface area contributed by atoms with Gasteiger partial charge >= 0.3 is 5.97 Å². The van der Waals surface area contributed by atoms with E-state index in [1.165, 1.54) is 12.1 Å². The number of halogens is 3. The molecule has 0 saturated carbocycles. The molecule has 0 saturated heterocycles. The van der Waals surface area contributed by atoms with Crippen LogP contribution in [0.5, 0.6) is 0 Å². The number of aliphatic carboxylic acids is 1. The highest BCUT2D eigenvalue weighted by Crippen LogP contribution is 2.31. The van der Waals surface area contributed by atoms with Crippen LogP contribution >= 0.6 is 23.2 Å². The summed E-state index contributed by atoms with van der Waals surface area (Å²) in [5.74, 6) is -1.73. The fourth-order valence-electron chi connectivity index (χ4n) is 1.68. The van der Waals surface area contributed by atoms with E-state index in [9.17, 15) is 9.18 Å². The Labute approximate surface area is 118 Å². The fourth-order valence-corrected chi connectivity index (χ4v) is 2.18. The number of pyridine rings is 1. The van der Waals surface area contributed by atoms with Crippen molar-refractivity contribution in [2.45, 2.75) is 6.42 Å². The molecule has 0 amide bonds. The van der Waals surface area contributed by atoms with Crippen molar-refractivity contribution in [3.05, 3.63) is 51.9 Å². The Bertz CT molecular complexity index is 647. The van der Waals surface area contributed by atoms with E-state index in [1.807, 2.05) is 0 Å². The smallest absolute Gasteiger partial charge is 0.307 e. The van der Waals surface area contributed by atoms with Crippen molar-refractivity contribution in [3.63, 3.8) is 0 Å². The van der Waals surface area contributed by atoms with Gasteiger partial charge in [-0.1, -0.05) is 29.3 Å². The van der Waals surface area contributed by atoms with Crippen LogP contribution in [0.2, 0.25) is 10.0 Å². The molecular weight excluding hydrogens is 292 g/mol. The van der Waals surface area contributed by atoms with Gasteiger partial charge in [-0.05, 0) is 29.8 Å². The minimum Gasteiger partial charge on any atom is -0.481 e. The van der Waals surface area contributed by atoms with E-state index in [2.05, 4.69) is 4.98 Å². The molecule has 0 spiro atoms. The minimum absolute atomic E-state index is 0.212. The molecule has 19 heavy (non-hydrogen) atoms. The van der Waals surface area contributed by atoms with E-state index in [4.69, 9.17) is 28.3 Å². The Morgan fingerprint density at radius 1 is 1.26 bits per heavy atom. The molecule has 2 aromatic rings. The molecule has 1 N–H and O–H groups in total. The lowest BCUT2D eigenvalue weighted by Crippen LogP contribution is -2.04. The summed E-state index contributed by atoms with van der Waals surface area (Å²) in [6, 6.07) is 7.16. The van der Waals surface area contributed by atoms with Crippen LogP contribution in [0.1, 0.15) is 5.56 Å². The van der Waals surface area contributed by atoms with Crippen LogP contribution in [0.25, 0.3) is 11.3 Å².